The van der Waals surface area contributed by atoms with Crippen LogP contribution in [0.25, 0.3) is 6.08 Å². The number of piperidine rings is 1. The molecule has 2 saturated heterocycles. The molecule has 2 heterocycles. The van der Waals surface area contributed by atoms with Gasteiger partial charge in [-0.2, -0.15) is 0 Å². The zero-order valence-electron chi connectivity index (χ0n) is 19.8. The molecule has 2 aliphatic heterocycles. The van der Waals surface area contributed by atoms with Crippen molar-refractivity contribution < 1.29 is 19.1 Å². The Bertz CT molecular complexity index is 1110. The van der Waals surface area contributed by atoms with Crippen molar-refractivity contribution in [2.24, 2.45) is 5.92 Å². The third-order valence-electron chi connectivity index (χ3n) is 7.02. The lowest BCUT2D eigenvalue weighted by molar-refractivity contribution is -0.134. The summed E-state index contributed by atoms with van der Waals surface area (Å²) in [7, 11) is 1.53. The number of carbonyl (C=O) groups excluding carboxylic acids is 3. The van der Waals surface area contributed by atoms with Crippen LogP contribution in [0.4, 0.5) is 4.79 Å². The van der Waals surface area contributed by atoms with Crippen LogP contribution >= 0.6 is 11.6 Å². The maximum atomic E-state index is 13.7. The Balaban J connectivity index is 1.55. The molecule has 2 aromatic carbocycles. The predicted octanol–water partition coefficient (Wildman–Crippen LogP) is 4.01. The zero-order chi connectivity index (χ0) is 25.0. The van der Waals surface area contributed by atoms with Gasteiger partial charge in [0.25, 0.3) is 11.8 Å². The molecule has 8 heteroatoms. The van der Waals surface area contributed by atoms with Crippen molar-refractivity contribution in [2.45, 2.75) is 24.8 Å². The first-order chi connectivity index (χ1) is 16.9. The van der Waals surface area contributed by atoms with E-state index in [-0.39, 0.29) is 30.9 Å². The predicted molar refractivity (Wildman–Crippen MR) is 135 cm³/mol. The Morgan fingerprint density at radius 3 is 2.49 bits per heavy atom. The summed E-state index contributed by atoms with van der Waals surface area (Å²) in [5, 5.41) is 3.58. The van der Waals surface area contributed by atoms with Gasteiger partial charge in [0.1, 0.15) is 5.54 Å². The minimum atomic E-state index is -1.11. The smallest absolute Gasteiger partial charge is 0.325 e. The van der Waals surface area contributed by atoms with Crippen LogP contribution in [0, 0.1) is 5.92 Å². The van der Waals surface area contributed by atoms with E-state index in [2.05, 4.69) is 11.9 Å². The second-order valence-electron chi connectivity index (χ2n) is 9.01. The third-order valence-corrected chi connectivity index (χ3v) is 7.39. The molecule has 184 valence electrons. The first kappa shape index (κ1) is 24.9. The van der Waals surface area contributed by atoms with Crippen LogP contribution in [0.15, 0.2) is 55.1 Å². The van der Waals surface area contributed by atoms with E-state index < -0.39 is 11.6 Å². The number of nitrogens with one attached hydrogen (secondary N) is 1. The fourth-order valence-corrected chi connectivity index (χ4v) is 5.24. The van der Waals surface area contributed by atoms with Crippen molar-refractivity contribution in [1.82, 2.24) is 15.1 Å². The lowest BCUT2D eigenvalue weighted by Gasteiger charge is -2.41. The van der Waals surface area contributed by atoms with Crippen molar-refractivity contribution in [3.63, 3.8) is 0 Å². The number of urea groups is 1. The highest BCUT2D eigenvalue weighted by molar-refractivity contribution is 6.31. The molecule has 2 aliphatic rings. The lowest BCUT2D eigenvalue weighted by Crippen LogP contribution is -2.58. The molecule has 0 aromatic heterocycles. The molecule has 0 saturated carbocycles. The fourth-order valence-electron chi connectivity index (χ4n) is 5.03. The van der Waals surface area contributed by atoms with E-state index >= 15 is 0 Å². The Morgan fingerprint density at radius 2 is 1.86 bits per heavy atom. The fraction of sp³-hybridized carbons (Fsp3) is 0.370. The molecular weight excluding hydrogens is 466 g/mol. The zero-order valence-corrected chi connectivity index (χ0v) is 20.6. The number of carbonyl (C=O) groups is 3. The number of methoxy groups -OCH3 is 1. The summed E-state index contributed by atoms with van der Waals surface area (Å²) in [5.74, 6) is -0.443. The average Bonchev–Trinajstić information content (AvgIpc) is 3.13. The quantitative estimate of drug-likeness (QED) is 0.561. The second kappa shape index (κ2) is 10.6. The summed E-state index contributed by atoms with van der Waals surface area (Å²) in [6.07, 6.45) is 3.21. The molecule has 0 aliphatic carbocycles. The molecule has 4 rings (SSSR count). The molecule has 0 unspecified atom stereocenters. The SMILES string of the molecule is C=Cc1ccc(C(=O)N2CCC([C@@]3(Cc4ccccc4Cl)NC(=O)N(CCOC)C3=O)CC2)cc1. The summed E-state index contributed by atoms with van der Waals surface area (Å²) < 4.78 is 5.10. The Morgan fingerprint density at radius 1 is 1.17 bits per heavy atom. The minimum absolute atomic E-state index is 0.0391. The molecule has 1 atom stereocenters. The van der Waals surface area contributed by atoms with Crippen molar-refractivity contribution >= 4 is 35.5 Å². The van der Waals surface area contributed by atoms with Crippen LogP contribution < -0.4 is 5.32 Å². The lowest BCUT2D eigenvalue weighted by atomic mass is 9.73. The number of benzene rings is 2. The molecule has 2 fully saturated rings. The van der Waals surface area contributed by atoms with Crippen LogP contribution in [0.3, 0.4) is 0 Å². The van der Waals surface area contributed by atoms with Crippen LogP contribution in [-0.2, 0) is 16.0 Å². The number of hydrogen-bond donors (Lipinski definition) is 1. The van der Waals surface area contributed by atoms with E-state index in [1.54, 1.807) is 24.3 Å². The Hall–Kier alpha value is -3.16. The van der Waals surface area contributed by atoms with Crippen molar-refractivity contribution in [1.29, 1.82) is 0 Å². The molecule has 0 bridgehead atoms. The molecule has 2 aromatic rings. The van der Waals surface area contributed by atoms with Gasteiger partial charge in [-0.05, 0) is 48.1 Å². The Labute approximate surface area is 210 Å². The topological polar surface area (TPSA) is 79.0 Å². The van der Waals surface area contributed by atoms with E-state index in [1.165, 1.54) is 12.0 Å². The number of ether oxygens (including phenoxy) is 1. The average molecular weight is 496 g/mol. The number of likely N-dealkylation sites (tertiary alicyclic amines) is 1. The number of rotatable bonds is 8. The summed E-state index contributed by atoms with van der Waals surface area (Å²) in [6, 6.07) is 14.3. The van der Waals surface area contributed by atoms with Gasteiger partial charge in [0.2, 0.25) is 0 Å². The molecule has 0 radical (unpaired) electrons. The van der Waals surface area contributed by atoms with Gasteiger partial charge in [-0.25, -0.2) is 4.79 Å². The third kappa shape index (κ3) is 4.97. The largest absolute Gasteiger partial charge is 0.383 e. The number of imide groups is 1. The minimum Gasteiger partial charge on any atom is -0.383 e. The van der Waals surface area contributed by atoms with Crippen LogP contribution in [-0.4, -0.2) is 66.5 Å². The molecular formula is C27H30ClN3O4. The number of hydrogen-bond acceptors (Lipinski definition) is 4. The number of halogens is 1. The highest BCUT2D eigenvalue weighted by atomic mass is 35.5. The maximum absolute atomic E-state index is 13.7. The van der Waals surface area contributed by atoms with Crippen molar-refractivity contribution in [3.05, 3.63) is 76.8 Å². The van der Waals surface area contributed by atoms with E-state index in [4.69, 9.17) is 16.3 Å². The van der Waals surface area contributed by atoms with Gasteiger partial charge >= 0.3 is 6.03 Å². The van der Waals surface area contributed by atoms with Gasteiger partial charge in [-0.3, -0.25) is 14.5 Å². The second-order valence-corrected chi connectivity index (χ2v) is 9.42. The van der Waals surface area contributed by atoms with Gasteiger partial charge in [-0.15, -0.1) is 0 Å². The van der Waals surface area contributed by atoms with Gasteiger partial charge in [0.05, 0.1) is 13.2 Å². The van der Waals surface area contributed by atoms with Gasteiger partial charge in [0, 0.05) is 37.2 Å². The number of nitrogens with zero attached hydrogens (tertiary/aromatic N) is 2. The highest BCUT2D eigenvalue weighted by Crippen LogP contribution is 2.38. The van der Waals surface area contributed by atoms with Crippen LogP contribution in [0.5, 0.6) is 0 Å². The van der Waals surface area contributed by atoms with Gasteiger partial charge in [-0.1, -0.05) is 54.6 Å². The van der Waals surface area contributed by atoms with Crippen LogP contribution in [0.1, 0.15) is 34.3 Å². The molecule has 1 N–H and O–H groups in total. The number of amides is 4. The van der Waals surface area contributed by atoms with E-state index in [1.807, 2.05) is 35.2 Å². The summed E-state index contributed by atoms with van der Waals surface area (Å²) in [5.41, 5.74) is 1.26. The van der Waals surface area contributed by atoms with Crippen molar-refractivity contribution in [3.8, 4) is 0 Å². The Kier molecular flexibility index (Phi) is 7.57. The first-order valence-corrected chi connectivity index (χ1v) is 12.2. The van der Waals surface area contributed by atoms with Gasteiger partial charge < -0.3 is 15.0 Å². The standard InChI is InChI=1S/C27H30ClN3O4/c1-3-19-8-10-20(11-9-19)24(32)30-14-12-22(13-15-30)27(18-21-6-4-5-7-23(21)28)25(33)31(16-17-35-2)26(34)29-27/h3-11,22H,1,12-18H2,2H3,(H,29,34)/t27-/m1/s1. The summed E-state index contributed by atoms with van der Waals surface area (Å²) in [6.45, 7) is 5.19. The summed E-state index contributed by atoms with van der Waals surface area (Å²) in [4.78, 5) is 42.7. The van der Waals surface area contributed by atoms with Crippen LogP contribution in [0.2, 0.25) is 5.02 Å². The normalized spacial score (nSPS) is 20.7. The van der Waals surface area contributed by atoms with E-state index in [0.717, 1.165) is 11.1 Å². The first-order valence-electron chi connectivity index (χ1n) is 11.8. The van der Waals surface area contributed by atoms with E-state index in [0.29, 0.717) is 42.9 Å². The summed E-state index contributed by atoms with van der Waals surface area (Å²) >= 11 is 6.45. The highest BCUT2D eigenvalue weighted by Gasteiger charge is 2.56. The molecule has 35 heavy (non-hydrogen) atoms. The monoisotopic (exact) mass is 495 g/mol. The molecule has 0 spiro atoms. The van der Waals surface area contributed by atoms with Crippen molar-refractivity contribution in [2.75, 3.05) is 33.4 Å². The van der Waals surface area contributed by atoms with E-state index in [9.17, 15) is 14.4 Å². The maximum Gasteiger partial charge on any atom is 0.325 e. The van der Waals surface area contributed by atoms with Gasteiger partial charge in [0.15, 0.2) is 0 Å². The molecule has 4 amide bonds. The molecule has 7 nitrogen and oxygen atoms in total.